The molecule has 0 spiro atoms. The normalized spacial score (nSPS) is 13.5. The zero-order valence-corrected chi connectivity index (χ0v) is 11.7. The summed E-state index contributed by atoms with van der Waals surface area (Å²) in [6, 6.07) is 10.9. The Morgan fingerprint density at radius 1 is 1.05 bits per heavy atom. The molecule has 0 saturated carbocycles. The summed E-state index contributed by atoms with van der Waals surface area (Å²) in [5.41, 5.74) is 8.24. The van der Waals surface area contributed by atoms with Crippen molar-refractivity contribution in [1.29, 1.82) is 0 Å². The number of para-hydroxylation sites is 1. The van der Waals surface area contributed by atoms with Gasteiger partial charge in [-0.25, -0.2) is 0 Å². The summed E-state index contributed by atoms with van der Waals surface area (Å²) >= 11 is 0. The van der Waals surface area contributed by atoms with Crippen molar-refractivity contribution in [2.45, 2.75) is 19.4 Å². The van der Waals surface area contributed by atoms with Crippen LogP contribution in [0.25, 0.3) is 0 Å². The molecule has 1 amide bonds. The number of carbonyl (C=O) groups is 1. The first kappa shape index (κ1) is 13.4. The molecule has 1 aliphatic heterocycles. The number of amides is 1. The van der Waals surface area contributed by atoms with Crippen molar-refractivity contribution in [2.24, 2.45) is 0 Å². The molecular weight excluding hydrogens is 266 g/mol. The van der Waals surface area contributed by atoms with Gasteiger partial charge in [0, 0.05) is 36.7 Å². The van der Waals surface area contributed by atoms with Crippen LogP contribution < -0.4 is 16.2 Å². The fourth-order valence-corrected chi connectivity index (χ4v) is 2.69. The molecule has 0 radical (unpaired) electrons. The van der Waals surface area contributed by atoms with Gasteiger partial charge in [0.05, 0.1) is 6.42 Å². The van der Waals surface area contributed by atoms with Crippen molar-refractivity contribution in [1.82, 2.24) is 4.57 Å². The highest BCUT2D eigenvalue weighted by Crippen LogP contribution is 2.28. The van der Waals surface area contributed by atoms with Gasteiger partial charge in [0.25, 0.3) is 5.56 Å². The number of benzene rings is 1. The van der Waals surface area contributed by atoms with Gasteiger partial charge in [-0.3, -0.25) is 9.59 Å². The summed E-state index contributed by atoms with van der Waals surface area (Å²) in [5.74, 6) is 0.121. The molecule has 1 aliphatic rings. The summed E-state index contributed by atoms with van der Waals surface area (Å²) < 4.78 is 1.59. The van der Waals surface area contributed by atoms with Crippen LogP contribution >= 0.6 is 0 Å². The highest BCUT2D eigenvalue weighted by Gasteiger charge is 2.25. The Kier molecular flexibility index (Phi) is 3.48. The number of nitrogens with two attached hydrogens (primary N) is 1. The van der Waals surface area contributed by atoms with Crippen molar-refractivity contribution in [2.75, 3.05) is 17.2 Å². The Morgan fingerprint density at radius 2 is 1.86 bits per heavy atom. The molecule has 0 fully saturated rings. The molecule has 5 nitrogen and oxygen atoms in total. The first-order chi connectivity index (χ1) is 10.1. The first-order valence-electron chi connectivity index (χ1n) is 6.99. The van der Waals surface area contributed by atoms with Crippen LogP contribution in [0.3, 0.4) is 0 Å². The molecule has 0 bridgehead atoms. The predicted octanol–water partition coefficient (Wildman–Crippen LogP) is 1.41. The zero-order valence-electron chi connectivity index (χ0n) is 11.7. The highest BCUT2D eigenvalue weighted by molar-refractivity contribution is 6.01. The fraction of sp³-hybridized carbons (Fsp3) is 0.250. The topological polar surface area (TPSA) is 68.3 Å². The van der Waals surface area contributed by atoms with Crippen LogP contribution in [0.15, 0.2) is 47.4 Å². The van der Waals surface area contributed by atoms with E-state index >= 15 is 0 Å². The average Bonchev–Trinajstić information content (AvgIpc) is 2.79. The number of carbonyl (C=O) groups excluding carboxylic acids is 1. The third kappa shape index (κ3) is 2.67. The van der Waals surface area contributed by atoms with Crippen LogP contribution in [0, 0.1) is 0 Å². The van der Waals surface area contributed by atoms with E-state index in [1.54, 1.807) is 21.7 Å². The minimum Gasteiger partial charge on any atom is -0.398 e. The quantitative estimate of drug-likeness (QED) is 0.922. The van der Waals surface area contributed by atoms with Crippen molar-refractivity contribution in [3.05, 3.63) is 58.5 Å². The lowest BCUT2D eigenvalue weighted by Gasteiger charge is -2.17. The molecule has 21 heavy (non-hydrogen) atoms. The summed E-state index contributed by atoms with van der Waals surface area (Å²) in [4.78, 5) is 25.5. The van der Waals surface area contributed by atoms with E-state index in [1.807, 2.05) is 24.3 Å². The molecule has 2 N–H and O–H groups in total. The number of anilines is 2. The number of rotatable bonds is 4. The van der Waals surface area contributed by atoms with Crippen molar-refractivity contribution in [3.63, 3.8) is 0 Å². The van der Waals surface area contributed by atoms with E-state index in [9.17, 15) is 9.59 Å². The molecule has 1 aromatic carbocycles. The molecule has 1 aromatic heterocycles. The van der Waals surface area contributed by atoms with Gasteiger partial charge in [-0.2, -0.15) is 0 Å². The second-order valence-corrected chi connectivity index (χ2v) is 5.20. The van der Waals surface area contributed by atoms with Gasteiger partial charge >= 0.3 is 0 Å². The monoisotopic (exact) mass is 283 g/mol. The lowest BCUT2D eigenvalue weighted by atomic mass is 10.2. The average molecular weight is 283 g/mol. The van der Waals surface area contributed by atoms with Crippen LogP contribution in [-0.4, -0.2) is 17.0 Å². The van der Waals surface area contributed by atoms with Gasteiger partial charge in [-0.15, -0.1) is 0 Å². The molecule has 0 saturated heterocycles. The molecule has 0 unspecified atom stereocenters. The standard InChI is InChI=1S/C16H17N3O2/c17-13-6-7-15(20)18(11-13)8-3-9-19-14-5-2-1-4-12(14)10-16(19)21/h1-2,4-7,11H,3,8-10,17H2. The Bertz CT molecular complexity index is 736. The fourth-order valence-electron chi connectivity index (χ4n) is 2.69. The molecular formula is C16H17N3O2. The second-order valence-electron chi connectivity index (χ2n) is 5.20. The van der Waals surface area contributed by atoms with E-state index in [2.05, 4.69) is 0 Å². The van der Waals surface area contributed by atoms with Gasteiger partial charge in [0.1, 0.15) is 0 Å². The Balaban J connectivity index is 1.67. The van der Waals surface area contributed by atoms with Crippen molar-refractivity contribution < 1.29 is 4.79 Å². The van der Waals surface area contributed by atoms with Crippen molar-refractivity contribution >= 4 is 17.3 Å². The number of fused-ring (bicyclic) bond motifs is 1. The minimum atomic E-state index is -0.0719. The zero-order chi connectivity index (χ0) is 14.8. The lowest BCUT2D eigenvalue weighted by molar-refractivity contribution is -0.117. The van der Waals surface area contributed by atoms with E-state index in [1.165, 1.54) is 6.07 Å². The number of pyridine rings is 1. The highest BCUT2D eigenvalue weighted by atomic mass is 16.2. The molecule has 108 valence electrons. The second kappa shape index (κ2) is 5.44. The van der Waals surface area contributed by atoms with E-state index in [4.69, 9.17) is 5.73 Å². The van der Waals surface area contributed by atoms with Gasteiger partial charge < -0.3 is 15.2 Å². The minimum absolute atomic E-state index is 0.0719. The maximum absolute atomic E-state index is 12.0. The van der Waals surface area contributed by atoms with E-state index < -0.39 is 0 Å². The Hall–Kier alpha value is -2.56. The molecule has 0 aliphatic carbocycles. The third-order valence-corrected chi connectivity index (χ3v) is 3.71. The maximum Gasteiger partial charge on any atom is 0.250 e. The predicted molar refractivity (Wildman–Crippen MR) is 82.2 cm³/mol. The van der Waals surface area contributed by atoms with Crippen LogP contribution in [0.1, 0.15) is 12.0 Å². The van der Waals surface area contributed by atoms with Gasteiger partial charge in [-0.1, -0.05) is 18.2 Å². The van der Waals surface area contributed by atoms with Gasteiger partial charge in [0.2, 0.25) is 5.91 Å². The van der Waals surface area contributed by atoms with Gasteiger partial charge in [-0.05, 0) is 24.1 Å². The lowest BCUT2D eigenvalue weighted by Crippen LogP contribution is -2.29. The number of aromatic nitrogens is 1. The van der Waals surface area contributed by atoms with Crippen LogP contribution in [0.2, 0.25) is 0 Å². The molecule has 0 atom stereocenters. The number of hydrogen-bond acceptors (Lipinski definition) is 3. The smallest absolute Gasteiger partial charge is 0.250 e. The van der Waals surface area contributed by atoms with E-state index in [-0.39, 0.29) is 11.5 Å². The summed E-state index contributed by atoms with van der Waals surface area (Å²) in [5, 5.41) is 0. The van der Waals surface area contributed by atoms with E-state index in [0.717, 1.165) is 11.3 Å². The van der Waals surface area contributed by atoms with Crippen LogP contribution in [0.5, 0.6) is 0 Å². The Morgan fingerprint density at radius 3 is 2.71 bits per heavy atom. The molecule has 3 rings (SSSR count). The molecule has 5 heteroatoms. The summed E-state index contributed by atoms with van der Waals surface area (Å²) in [6.07, 6.45) is 2.82. The SMILES string of the molecule is Nc1ccc(=O)n(CCCN2C(=O)Cc3ccccc32)c1. The first-order valence-corrected chi connectivity index (χ1v) is 6.99. The molecule has 2 heterocycles. The number of nitrogens with zero attached hydrogens (tertiary/aromatic N) is 2. The number of nitrogen functional groups attached to an aromatic ring is 1. The third-order valence-electron chi connectivity index (χ3n) is 3.71. The summed E-state index contributed by atoms with van der Waals surface area (Å²) in [6.45, 7) is 1.16. The van der Waals surface area contributed by atoms with Crippen LogP contribution in [-0.2, 0) is 17.8 Å². The summed E-state index contributed by atoms with van der Waals surface area (Å²) in [7, 11) is 0. The molecule has 2 aromatic rings. The largest absolute Gasteiger partial charge is 0.398 e. The Labute approximate surface area is 122 Å². The number of hydrogen-bond donors (Lipinski definition) is 1. The van der Waals surface area contributed by atoms with Crippen molar-refractivity contribution in [3.8, 4) is 0 Å². The van der Waals surface area contributed by atoms with Gasteiger partial charge in [0.15, 0.2) is 0 Å². The number of aryl methyl sites for hydroxylation is 1. The van der Waals surface area contributed by atoms with Crippen LogP contribution in [0.4, 0.5) is 11.4 Å². The van der Waals surface area contributed by atoms with E-state index in [0.29, 0.717) is 31.6 Å². The maximum atomic E-state index is 12.0.